The number of rotatable bonds is 7. The molecule has 0 saturated carbocycles. The van der Waals surface area contributed by atoms with E-state index in [1.165, 1.54) is 0 Å². The molecule has 3 aromatic rings. The van der Waals surface area contributed by atoms with Gasteiger partial charge in [0, 0.05) is 44.3 Å². The summed E-state index contributed by atoms with van der Waals surface area (Å²) in [5.74, 6) is 1.70. The number of aromatic nitrogens is 4. The summed E-state index contributed by atoms with van der Waals surface area (Å²) in [5.41, 5.74) is 8.40. The minimum atomic E-state index is -0.778. The number of nitrogens with zero attached hydrogens (tertiary/aromatic N) is 5. The van der Waals surface area contributed by atoms with Crippen LogP contribution in [-0.2, 0) is 11.3 Å². The summed E-state index contributed by atoms with van der Waals surface area (Å²) in [6.07, 6.45) is 6.08. The predicted molar refractivity (Wildman–Crippen MR) is 136 cm³/mol. The maximum atomic E-state index is 12.8. The van der Waals surface area contributed by atoms with Crippen molar-refractivity contribution in [3.8, 4) is 5.82 Å². The molecule has 0 radical (unpaired) electrons. The monoisotopic (exact) mass is 491 g/mol. The zero-order valence-electron chi connectivity index (χ0n) is 20.6. The number of aliphatic hydroxyl groups is 1. The average molecular weight is 492 g/mol. The number of pyridine rings is 2. The Labute approximate surface area is 210 Å². The van der Waals surface area contributed by atoms with Crippen LogP contribution in [0.25, 0.3) is 5.82 Å². The predicted octanol–water partition coefficient (Wildman–Crippen LogP) is 1.10. The second-order valence-corrected chi connectivity index (χ2v) is 9.61. The van der Waals surface area contributed by atoms with E-state index in [0.29, 0.717) is 37.9 Å². The molecule has 2 unspecified atom stereocenters. The van der Waals surface area contributed by atoms with Crippen molar-refractivity contribution in [3.05, 3.63) is 60.0 Å². The molecule has 0 bridgehead atoms. The van der Waals surface area contributed by atoms with E-state index in [9.17, 15) is 9.90 Å². The van der Waals surface area contributed by atoms with Gasteiger partial charge in [-0.15, -0.1) is 0 Å². The van der Waals surface area contributed by atoms with Gasteiger partial charge in [-0.2, -0.15) is 5.10 Å². The third-order valence-corrected chi connectivity index (χ3v) is 6.63. The third-order valence-electron chi connectivity index (χ3n) is 6.63. The normalized spacial score (nSPS) is 24.0. The maximum Gasteiger partial charge on any atom is 0.226 e. The SMILES string of the molecule is Cc1cc(NC2CC(C)NN2)nc(N2CC[C@H](C(=O)NCc3ccc(-n4cccn4)nc3)[C@@H](O)C2)c1. The van der Waals surface area contributed by atoms with Gasteiger partial charge in [0.25, 0.3) is 0 Å². The topological polar surface area (TPSA) is 132 Å². The van der Waals surface area contributed by atoms with Crippen LogP contribution in [-0.4, -0.2) is 62.2 Å². The van der Waals surface area contributed by atoms with E-state index in [-0.39, 0.29) is 12.1 Å². The Morgan fingerprint density at radius 3 is 2.83 bits per heavy atom. The molecule has 2 aliphatic rings. The zero-order chi connectivity index (χ0) is 25.1. The van der Waals surface area contributed by atoms with E-state index in [2.05, 4.69) is 38.5 Å². The molecule has 190 valence electrons. The number of amides is 1. The van der Waals surface area contributed by atoms with Gasteiger partial charge in [0.2, 0.25) is 5.91 Å². The lowest BCUT2D eigenvalue weighted by atomic mass is 9.92. The fraction of sp³-hybridized carbons (Fsp3) is 0.440. The quantitative estimate of drug-likeness (QED) is 0.330. The number of piperidine rings is 1. The molecule has 0 spiro atoms. The lowest BCUT2D eigenvalue weighted by Gasteiger charge is -2.36. The molecule has 5 heterocycles. The van der Waals surface area contributed by atoms with Crippen molar-refractivity contribution in [3.63, 3.8) is 0 Å². The second kappa shape index (κ2) is 10.6. The molecule has 2 saturated heterocycles. The average Bonchev–Trinajstić information content (AvgIpc) is 3.54. The highest BCUT2D eigenvalue weighted by Gasteiger charge is 2.33. The molecule has 11 heteroatoms. The van der Waals surface area contributed by atoms with Gasteiger partial charge < -0.3 is 20.6 Å². The number of hydrazine groups is 1. The van der Waals surface area contributed by atoms with E-state index in [1.807, 2.05) is 48.4 Å². The van der Waals surface area contributed by atoms with Gasteiger partial charge in [-0.05, 0) is 62.1 Å². The minimum absolute atomic E-state index is 0.110. The first-order valence-corrected chi connectivity index (χ1v) is 12.4. The van der Waals surface area contributed by atoms with E-state index >= 15 is 0 Å². The molecule has 0 aromatic carbocycles. The van der Waals surface area contributed by atoms with Crippen LogP contribution in [0.3, 0.4) is 0 Å². The molecule has 5 N–H and O–H groups in total. The van der Waals surface area contributed by atoms with Crippen LogP contribution >= 0.6 is 0 Å². The standard InChI is InChI=1S/C25H33N9O2/c1-16-10-21(29-22-12-17(2)31-32-22)30-24(11-16)33-9-6-19(20(35)15-33)25(36)27-14-18-4-5-23(26-13-18)34-8-3-7-28-34/h3-5,7-8,10-11,13,17,19-20,22,31-32,35H,6,9,12,14-15H2,1-2H3,(H,27,36)(H,29,30)/t17?,19-,20-,22?/m0/s1. The number of nitrogens with one attached hydrogen (secondary N) is 4. The van der Waals surface area contributed by atoms with E-state index < -0.39 is 12.0 Å². The molecule has 36 heavy (non-hydrogen) atoms. The Bertz CT molecular complexity index is 1170. The molecule has 5 rings (SSSR count). The lowest BCUT2D eigenvalue weighted by Crippen LogP contribution is -2.49. The second-order valence-electron chi connectivity index (χ2n) is 9.61. The zero-order valence-corrected chi connectivity index (χ0v) is 20.6. The lowest BCUT2D eigenvalue weighted by molar-refractivity contribution is -0.129. The summed E-state index contributed by atoms with van der Waals surface area (Å²) in [6, 6.07) is 10.0. The number of aliphatic hydroxyl groups excluding tert-OH is 1. The summed E-state index contributed by atoms with van der Waals surface area (Å²) in [4.78, 5) is 24.1. The number of aryl methyl sites for hydroxylation is 1. The number of carbonyl (C=O) groups excluding carboxylic acids is 1. The summed E-state index contributed by atoms with van der Waals surface area (Å²) in [5, 5.41) is 21.4. The molecule has 2 aliphatic heterocycles. The Kier molecular flexibility index (Phi) is 7.12. The van der Waals surface area contributed by atoms with Crippen molar-refractivity contribution >= 4 is 17.5 Å². The summed E-state index contributed by atoms with van der Waals surface area (Å²) in [7, 11) is 0. The number of hydrogen-bond donors (Lipinski definition) is 5. The van der Waals surface area contributed by atoms with Crippen molar-refractivity contribution in [1.82, 2.24) is 35.9 Å². The summed E-state index contributed by atoms with van der Waals surface area (Å²) < 4.78 is 1.68. The number of β-amino-alcohol motifs (C(OH)–C–C–N with tert-alkyl or cyclic N) is 1. The van der Waals surface area contributed by atoms with E-state index in [1.54, 1.807) is 17.1 Å². The summed E-state index contributed by atoms with van der Waals surface area (Å²) >= 11 is 0. The highest BCUT2D eigenvalue weighted by molar-refractivity contribution is 5.79. The van der Waals surface area contributed by atoms with Crippen LogP contribution in [0.2, 0.25) is 0 Å². The van der Waals surface area contributed by atoms with Gasteiger partial charge in [0.1, 0.15) is 11.6 Å². The van der Waals surface area contributed by atoms with Gasteiger partial charge in [-0.1, -0.05) is 6.07 Å². The van der Waals surface area contributed by atoms with Crippen LogP contribution in [0.1, 0.15) is 30.9 Å². The molecule has 2 fully saturated rings. The highest BCUT2D eigenvalue weighted by Crippen LogP contribution is 2.25. The van der Waals surface area contributed by atoms with Crippen molar-refractivity contribution in [2.45, 2.75) is 51.5 Å². The van der Waals surface area contributed by atoms with Gasteiger partial charge in [-0.3, -0.25) is 10.2 Å². The number of hydrogen-bond acceptors (Lipinski definition) is 9. The third kappa shape index (κ3) is 5.64. The molecular formula is C25H33N9O2. The molecule has 11 nitrogen and oxygen atoms in total. The van der Waals surface area contributed by atoms with Crippen molar-refractivity contribution in [2.24, 2.45) is 5.92 Å². The van der Waals surface area contributed by atoms with E-state index in [0.717, 1.165) is 29.2 Å². The fourth-order valence-electron chi connectivity index (χ4n) is 4.70. The number of anilines is 2. The molecule has 3 aromatic heterocycles. The van der Waals surface area contributed by atoms with Gasteiger partial charge >= 0.3 is 0 Å². The van der Waals surface area contributed by atoms with Crippen LogP contribution in [0.15, 0.2) is 48.9 Å². The van der Waals surface area contributed by atoms with Crippen LogP contribution in [0.4, 0.5) is 11.6 Å². The van der Waals surface area contributed by atoms with Crippen molar-refractivity contribution in [1.29, 1.82) is 0 Å². The van der Waals surface area contributed by atoms with Gasteiger partial charge in [-0.25, -0.2) is 20.1 Å². The molecule has 1 amide bonds. The fourth-order valence-corrected chi connectivity index (χ4v) is 4.70. The van der Waals surface area contributed by atoms with Crippen molar-refractivity contribution < 1.29 is 9.90 Å². The molecule has 4 atom stereocenters. The maximum absolute atomic E-state index is 12.8. The Balaban J connectivity index is 1.15. The first-order valence-electron chi connectivity index (χ1n) is 12.4. The first-order chi connectivity index (χ1) is 17.4. The Morgan fingerprint density at radius 1 is 1.25 bits per heavy atom. The van der Waals surface area contributed by atoms with Crippen LogP contribution < -0.4 is 26.4 Å². The van der Waals surface area contributed by atoms with Crippen LogP contribution in [0.5, 0.6) is 0 Å². The Morgan fingerprint density at radius 2 is 2.14 bits per heavy atom. The number of carbonyl (C=O) groups is 1. The first kappa shape index (κ1) is 24.2. The highest BCUT2D eigenvalue weighted by atomic mass is 16.3. The van der Waals surface area contributed by atoms with Crippen LogP contribution in [0, 0.1) is 12.8 Å². The van der Waals surface area contributed by atoms with E-state index in [4.69, 9.17) is 4.98 Å². The van der Waals surface area contributed by atoms with Gasteiger partial charge in [0.15, 0.2) is 5.82 Å². The summed E-state index contributed by atoms with van der Waals surface area (Å²) in [6.45, 7) is 5.52. The molecular weight excluding hydrogens is 458 g/mol. The Hall–Kier alpha value is -3.54. The molecule has 0 aliphatic carbocycles. The largest absolute Gasteiger partial charge is 0.390 e. The minimum Gasteiger partial charge on any atom is -0.390 e. The van der Waals surface area contributed by atoms with Gasteiger partial charge in [0.05, 0.1) is 18.2 Å². The smallest absolute Gasteiger partial charge is 0.226 e. The van der Waals surface area contributed by atoms with Crippen molar-refractivity contribution in [2.75, 3.05) is 23.3 Å².